The van der Waals surface area contributed by atoms with E-state index < -0.39 is 17.2 Å². The van der Waals surface area contributed by atoms with E-state index in [-0.39, 0.29) is 35.8 Å². The van der Waals surface area contributed by atoms with Crippen LogP contribution < -0.4 is 15.1 Å². The minimum absolute atomic E-state index is 0.0204. The predicted molar refractivity (Wildman–Crippen MR) is 97.6 cm³/mol. The van der Waals surface area contributed by atoms with Gasteiger partial charge in [-0.3, -0.25) is 4.79 Å². The summed E-state index contributed by atoms with van der Waals surface area (Å²) in [5, 5.41) is 9.36. The van der Waals surface area contributed by atoms with Crippen LogP contribution in [0.4, 0.5) is 10.1 Å². The maximum absolute atomic E-state index is 15.1. The van der Waals surface area contributed by atoms with Crippen molar-refractivity contribution >= 4 is 22.6 Å². The van der Waals surface area contributed by atoms with Crippen LogP contribution in [-0.4, -0.2) is 47.5 Å². The molecule has 1 aromatic carbocycles. The molecule has 3 atom stereocenters. The molecule has 7 nitrogen and oxygen atoms in total. The number of hydrogen-bond donors (Lipinski definition) is 1. The van der Waals surface area contributed by atoms with Crippen LogP contribution in [-0.2, 0) is 4.74 Å². The lowest BCUT2D eigenvalue weighted by Gasteiger charge is -2.39. The number of nitrogens with zero attached hydrogens (tertiary/aromatic N) is 2. The molecule has 1 N–H and O–H groups in total. The average Bonchev–Trinajstić information content (AvgIpc) is 2.58. The number of halogens is 1. The number of anilines is 1. The molecule has 0 aliphatic carbocycles. The van der Waals surface area contributed by atoms with Gasteiger partial charge < -0.3 is 24.0 Å². The quantitative estimate of drug-likeness (QED) is 0.867. The van der Waals surface area contributed by atoms with Gasteiger partial charge >= 0.3 is 5.97 Å². The Balaban J connectivity index is 2.02. The summed E-state index contributed by atoms with van der Waals surface area (Å²) < 4.78 is 28.4. The van der Waals surface area contributed by atoms with Crippen LogP contribution in [0.25, 0.3) is 10.9 Å². The van der Waals surface area contributed by atoms with Gasteiger partial charge in [0.2, 0.25) is 5.43 Å². The number of aromatic nitrogens is 1. The smallest absolute Gasteiger partial charge is 0.341 e. The van der Waals surface area contributed by atoms with Crippen molar-refractivity contribution in [1.29, 1.82) is 0 Å². The molecule has 2 aliphatic heterocycles. The topological polar surface area (TPSA) is 81.0 Å². The number of ether oxygens (including phenoxy) is 2. The zero-order valence-electron chi connectivity index (χ0n) is 15.4. The van der Waals surface area contributed by atoms with Gasteiger partial charge in [-0.2, -0.15) is 0 Å². The van der Waals surface area contributed by atoms with E-state index in [2.05, 4.69) is 0 Å². The normalized spacial score (nSPS) is 24.7. The van der Waals surface area contributed by atoms with Crippen molar-refractivity contribution in [2.45, 2.75) is 39.0 Å². The Morgan fingerprint density at radius 1 is 1.26 bits per heavy atom. The minimum atomic E-state index is -1.33. The van der Waals surface area contributed by atoms with Crippen LogP contribution >= 0.6 is 0 Å². The van der Waals surface area contributed by atoms with Crippen molar-refractivity contribution in [1.82, 2.24) is 4.57 Å². The molecule has 2 aromatic rings. The Morgan fingerprint density at radius 3 is 2.56 bits per heavy atom. The molecule has 144 valence electrons. The third-order valence-corrected chi connectivity index (χ3v) is 5.11. The number of benzene rings is 1. The van der Waals surface area contributed by atoms with Crippen molar-refractivity contribution in [3.63, 3.8) is 0 Å². The number of morpholine rings is 1. The molecule has 27 heavy (non-hydrogen) atoms. The van der Waals surface area contributed by atoms with Gasteiger partial charge in [0.1, 0.15) is 17.9 Å². The molecule has 0 bridgehead atoms. The van der Waals surface area contributed by atoms with Gasteiger partial charge in [-0.25, -0.2) is 9.18 Å². The first-order valence-corrected chi connectivity index (χ1v) is 8.95. The highest BCUT2D eigenvalue weighted by molar-refractivity contribution is 5.97. The summed E-state index contributed by atoms with van der Waals surface area (Å²) >= 11 is 0. The molecule has 0 saturated carbocycles. The number of pyridine rings is 1. The van der Waals surface area contributed by atoms with Gasteiger partial charge in [-0.05, 0) is 26.8 Å². The number of aromatic carboxylic acids is 1. The zero-order valence-corrected chi connectivity index (χ0v) is 15.4. The van der Waals surface area contributed by atoms with E-state index in [9.17, 15) is 14.7 Å². The first-order valence-electron chi connectivity index (χ1n) is 8.95. The Labute approximate surface area is 154 Å². The van der Waals surface area contributed by atoms with Gasteiger partial charge in [-0.1, -0.05) is 0 Å². The fraction of sp³-hybridized carbons (Fsp3) is 0.474. The summed E-state index contributed by atoms with van der Waals surface area (Å²) in [5.41, 5.74) is -0.343. The summed E-state index contributed by atoms with van der Waals surface area (Å²) in [4.78, 5) is 25.9. The highest BCUT2D eigenvalue weighted by atomic mass is 19.1. The van der Waals surface area contributed by atoms with Crippen LogP contribution in [0, 0.1) is 5.82 Å². The molecule has 8 heteroatoms. The second-order valence-electron chi connectivity index (χ2n) is 7.34. The summed E-state index contributed by atoms with van der Waals surface area (Å²) in [6.45, 7) is 6.96. The van der Waals surface area contributed by atoms with Gasteiger partial charge in [0, 0.05) is 19.3 Å². The highest BCUT2D eigenvalue weighted by Gasteiger charge is 2.32. The number of hydrogen-bond acceptors (Lipinski definition) is 5. The predicted octanol–water partition coefficient (Wildman–Crippen LogP) is 2.41. The van der Waals surface area contributed by atoms with Gasteiger partial charge in [0.05, 0.1) is 29.2 Å². The van der Waals surface area contributed by atoms with Gasteiger partial charge in [-0.15, -0.1) is 0 Å². The van der Waals surface area contributed by atoms with Crippen LogP contribution in [0.2, 0.25) is 0 Å². The molecule has 0 spiro atoms. The van der Waals surface area contributed by atoms with Crippen LogP contribution in [0.15, 0.2) is 17.1 Å². The first kappa shape index (κ1) is 17.8. The lowest BCUT2D eigenvalue weighted by atomic mass is 10.0. The van der Waals surface area contributed by atoms with Gasteiger partial charge in [0.25, 0.3) is 0 Å². The number of carboxylic acid groups (broad SMARTS) is 1. The second-order valence-corrected chi connectivity index (χ2v) is 7.34. The van der Waals surface area contributed by atoms with E-state index in [4.69, 9.17) is 9.47 Å². The average molecular weight is 376 g/mol. The summed E-state index contributed by atoms with van der Waals surface area (Å²) in [5.74, 6) is -1.64. The third kappa shape index (κ3) is 2.75. The number of carbonyl (C=O) groups is 1. The fourth-order valence-electron chi connectivity index (χ4n) is 4.02. The number of carboxylic acids is 1. The summed E-state index contributed by atoms with van der Waals surface area (Å²) in [6, 6.07) is 0.950. The van der Waals surface area contributed by atoms with E-state index in [1.165, 1.54) is 6.20 Å². The van der Waals surface area contributed by atoms with Crippen molar-refractivity contribution < 1.29 is 23.8 Å². The largest absolute Gasteiger partial charge is 0.487 e. The van der Waals surface area contributed by atoms with Crippen molar-refractivity contribution in [2.75, 3.05) is 24.6 Å². The molecule has 1 fully saturated rings. The molecule has 0 amide bonds. The highest BCUT2D eigenvalue weighted by Crippen LogP contribution is 2.42. The van der Waals surface area contributed by atoms with Crippen molar-refractivity contribution in [2.24, 2.45) is 0 Å². The molecular weight excluding hydrogens is 355 g/mol. The van der Waals surface area contributed by atoms with E-state index in [0.29, 0.717) is 30.0 Å². The monoisotopic (exact) mass is 376 g/mol. The lowest BCUT2D eigenvalue weighted by Crippen LogP contribution is -2.46. The third-order valence-electron chi connectivity index (χ3n) is 5.11. The standard InChI is InChI=1S/C19H21FN2O5/c1-9-8-26-18-15-12(17(23)13(19(24)25)7-22(9)15)4-14(20)16(18)21-5-10(2)27-11(3)6-21/h4,7,9-11H,5-6,8H2,1-3H3,(H,24,25). The van der Waals surface area contributed by atoms with Crippen molar-refractivity contribution in [3.05, 3.63) is 33.9 Å². The Hall–Kier alpha value is -2.61. The van der Waals surface area contributed by atoms with Crippen molar-refractivity contribution in [3.8, 4) is 5.75 Å². The Kier molecular flexibility index (Phi) is 4.10. The molecular formula is C19H21FN2O5. The molecule has 4 rings (SSSR count). The maximum atomic E-state index is 15.1. The van der Waals surface area contributed by atoms with E-state index in [0.717, 1.165) is 6.07 Å². The van der Waals surface area contributed by atoms with E-state index >= 15 is 4.39 Å². The molecule has 3 unspecified atom stereocenters. The molecule has 2 aliphatic rings. The molecule has 1 aromatic heterocycles. The maximum Gasteiger partial charge on any atom is 0.341 e. The second kappa shape index (κ2) is 6.23. The van der Waals surface area contributed by atoms with E-state index in [1.807, 2.05) is 25.7 Å². The lowest BCUT2D eigenvalue weighted by molar-refractivity contribution is -0.00556. The van der Waals surface area contributed by atoms with Crippen LogP contribution in [0.3, 0.4) is 0 Å². The summed E-state index contributed by atoms with van der Waals surface area (Å²) in [6.07, 6.45) is 1.18. The van der Waals surface area contributed by atoms with Gasteiger partial charge in [0.15, 0.2) is 11.6 Å². The van der Waals surface area contributed by atoms with Crippen LogP contribution in [0.1, 0.15) is 37.2 Å². The summed E-state index contributed by atoms with van der Waals surface area (Å²) in [7, 11) is 0. The molecule has 0 radical (unpaired) electrons. The Morgan fingerprint density at radius 2 is 1.93 bits per heavy atom. The number of rotatable bonds is 2. The van der Waals surface area contributed by atoms with E-state index in [1.54, 1.807) is 4.57 Å². The zero-order chi connectivity index (χ0) is 19.5. The fourth-order valence-corrected chi connectivity index (χ4v) is 4.02. The first-order chi connectivity index (χ1) is 12.8. The molecule has 3 heterocycles. The SMILES string of the molecule is CC1CN(c2c(F)cc3c(=O)c(C(=O)O)cn4c3c2OCC4C)CC(C)O1. The Bertz CT molecular complexity index is 992. The molecule has 1 saturated heterocycles. The minimum Gasteiger partial charge on any atom is -0.487 e. The van der Waals surface area contributed by atoms with Crippen LogP contribution in [0.5, 0.6) is 5.75 Å².